The maximum absolute atomic E-state index is 13.4. The number of nitrogens with one attached hydrogen (secondary N) is 1. The SMILES string of the molecule is CCOC(=O)c1sc(NC(=O)C(C)n2nc(C(F)(F)F)c(Br)c2C2CC2)c(C(=O)OC)c1C. The van der Waals surface area contributed by atoms with Crippen LogP contribution in [0.2, 0.25) is 0 Å². The second kappa shape index (κ2) is 9.45. The molecule has 2 aromatic heterocycles. The maximum Gasteiger partial charge on any atom is 0.436 e. The van der Waals surface area contributed by atoms with E-state index in [0.717, 1.165) is 23.1 Å². The minimum atomic E-state index is -4.69. The number of hydrogen-bond donors (Lipinski definition) is 1. The Labute approximate surface area is 199 Å². The molecule has 8 nitrogen and oxygen atoms in total. The Kier molecular flexibility index (Phi) is 7.22. The van der Waals surface area contributed by atoms with Crippen LogP contribution in [0.4, 0.5) is 18.2 Å². The number of nitrogens with zero attached hydrogens (tertiary/aromatic N) is 2. The van der Waals surface area contributed by atoms with E-state index in [9.17, 15) is 27.6 Å². The smallest absolute Gasteiger partial charge is 0.436 e. The van der Waals surface area contributed by atoms with Crippen LogP contribution in [-0.2, 0) is 20.4 Å². The fraction of sp³-hybridized carbons (Fsp3) is 0.500. The quantitative estimate of drug-likeness (QED) is 0.482. The number of amides is 1. The van der Waals surface area contributed by atoms with Crippen LogP contribution in [0.1, 0.15) is 75.6 Å². The molecule has 1 N–H and O–H groups in total. The van der Waals surface area contributed by atoms with Gasteiger partial charge < -0.3 is 14.8 Å². The predicted molar refractivity (Wildman–Crippen MR) is 117 cm³/mol. The monoisotopic (exact) mass is 551 g/mol. The van der Waals surface area contributed by atoms with E-state index >= 15 is 0 Å². The van der Waals surface area contributed by atoms with E-state index in [1.54, 1.807) is 6.92 Å². The van der Waals surface area contributed by atoms with Crippen molar-refractivity contribution in [2.45, 2.75) is 51.7 Å². The summed E-state index contributed by atoms with van der Waals surface area (Å²) in [5, 5.41) is 6.26. The molecular formula is C20H21BrF3N3O5S. The van der Waals surface area contributed by atoms with Gasteiger partial charge in [0.2, 0.25) is 5.91 Å². The fourth-order valence-electron chi connectivity index (χ4n) is 3.29. The zero-order valence-corrected chi connectivity index (χ0v) is 20.5. The number of esters is 2. The molecule has 2 heterocycles. The predicted octanol–water partition coefficient (Wildman–Crippen LogP) is 5.07. The van der Waals surface area contributed by atoms with E-state index in [0.29, 0.717) is 18.5 Å². The van der Waals surface area contributed by atoms with Crippen molar-refractivity contribution in [3.05, 3.63) is 31.9 Å². The van der Waals surface area contributed by atoms with Gasteiger partial charge in [-0.3, -0.25) is 9.48 Å². The lowest BCUT2D eigenvalue weighted by atomic mass is 10.1. The molecule has 1 unspecified atom stereocenters. The highest BCUT2D eigenvalue weighted by atomic mass is 79.9. The topological polar surface area (TPSA) is 99.5 Å². The molecule has 13 heteroatoms. The van der Waals surface area contributed by atoms with Gasteiger partial charge in [0.05, 0.1) is 29.4 Å². The van der Waals surface area contributed by atoms with Crippen molar-refractivity contribution in [3.63, 3.8) is 0 Å². The number of ether oxygens (including phenoxy) is 2. The van der Waals surface area contributed by atoms with E-state index in [4.69, 9.17) is 9.47 Å². The average molecular weight is 552 g/mol. The van der Waals surface area contributed by atoms with Crippen LogP contribution in [-0.4, -0.2) is 41.3 Å². The second-order valence-corrected chi connectivity index (χ2v) is 9.22. The van der Waals surface area contributed by atoms with E-state index < -0.39 is 35.8 Å². The molecule has 0 aliphatic heterocycles. The molecule has 0 saturated heterocycles. The third kappa shape index (κ3) is 4.93. The summed E-state index contributed by atoms with van der Waals surface area (Å²) in [6, 6.07) is -1.13. The van der Waals surface area contributed by atoms with Crippen LogP contribution < -0.4 is 5.32 Å². The normalized spacial score (nSPS) is 14.7. The number of thiophene rings is 1. The highest BCUT2D eigenvalue weighted by Crippen LogP contribution is 2.48. The summed E-state index contributed by atoms with van der Waals surface area (Å²) < 4.78 is 50.9. The zero-order chi connectivity index (χ0) is 24.7. The van der Waals surface area contributed by atoms with E-state index in [1.807, 2.05) is 0 Å². The van der Waals surface area contributed by atoms with Crippen molar-refractivity contribution in [3.8, 4) is 0 Å². The minimum Gasteiger partial charge on any atom is -0.465 e. The van der Waals surface area contributed by atoms with Crippen molar-refractivity contribution in [2.24, 2.45) is 0 Å². The molecule has 0 bridgehead atoms. The van der Waals surface area contributed by atoms with Gasteiger partial charge in [-0.1, -0.05) is 0 Å². The highest BCUT2D eigenvalue weighted by molar-refractivity contribution is 9.10. The molecule has 1 atom stereocenters. The number of carbonyl (C=O) groups excluding carboxylic acids is 3. The molecule has 0 spiro atoms. The van der Waals surface area contributed by atoms with Gasteiger partial charge in [0.1, 0.15) is 15.9 Å². The molecular weight excluding hydrogens is 531 g/mol. The summed E-state index contributed by atoms with van der Waals surface area (Å²) in [4.78, 5) is 37.7. The maximum atomic E-state index is 13.4. The summed E-state index contributed by atoms with van der Waals surface area (Å²) in [6.07, 6.45) is -3.31. The third-order valence-corrected chi connectivity index (χ3v) is 7.07. The van der Waals surface area contributed by atoms with Gasteiger partial charge >= 0.3 is 18.1 Å². The highest BCUT2D eigenvalue weighted by Gasteiger charge is 2.43. The molecule has 1 fully saturated rings. The van der Waals surface area contributed by atoms with Crippen LogP contribution in [0.5, 0.6) is 0 Å². The van der Waals surface area contributed by atoms with Crippen molar-refractivity contribution in [1.82, 2.24) is 9.78 Å². The van der Waals surface area contributed by atoms with Gasteiger partial charge in [-0.25, -0.2) is 9.59 Å². The van der Waals surface area contributed by atoms with E-state index in [-0.39, 0.29) is 38.0 Å². The number of halogens is 4. The van der Waals surface area contributed by atoms with Gasteiger partial charge in [-0.05, 0) is 55.1 Å². The molecule has 1 saturated carbocycles. The van der Waals surface area contributed by atoms with Gasteiger partial charge in [0, 0.05) is 5.92 Å². The van der Waals surface area contributed by atoms with Crippen LogP contribution in [0.15, 0.2) is 4.47 Å². The lowest BCUT2D eigenvalue weighted by Gasteiger charge is -2.16. The summed E-state index contributed by atoms with van der Waals surface area (Å²) in [5.74, 6) is -2.28. The Morgan fingerprint density at radius 2 is 1.94 bits per heavy atom. The first kappa shape index (κ1) is 25.2. The van der Waals surface area contributed by atoms with Crippen LogP contribution in [0.25, 0.3) is 0 Å². The Morgan fingerprint density at radius 1 is 1.30 bits per heavy atom. The Bertz CT molecular complexity index is 1110. The molecule has 2 aromatic rings. The van der Waals surface area contributed by atoms with Crippen molar-refractivity contribution < 1.29 is 37.0 Å². The van der Waals surface area contributed by atoms with Crippen molar-refractivity contribution >= 4 is 50.1 Å². The summed E-state index contributed by atoms with van der Waals surface area (Å²) >= 11 is 3.83. The first-order chi connectivity index (χ1) is 15.4. The van der Waals surface area contributed by atoms with Gasteiger partial charge in [-0.2, -0.15) is 18.3 Å². The molecule has 0 aromatic carbocycles. The first-order valence-electron chi connectivity index (χ1n) is 9.97. The number of rotatable bonds is 7. The second-order valence-electron chi connectivity index (χ2n) is 7.40. The van der Waals surface area contributed by atoms with Crippen molar-refractivity contribution in [2.75, 3.05) is 19.0 Å². The molecule has 1 amide bonds. The number of anilines is 1. The first-order valence-corrected chi connectivity index (χ1v) is 11.6. The fourth-order valence-corrected chi connectivity index (χ4v) is 5.20. The zero-order valence-electron chi connectivity index (χ0n) is 18.1. The molecule has 3 rings (SSSR count). The summed E-state index contributed by atoms with van der Waals surface area (Å²) in [5.41, 5.74) is -0.553. The standard InChI is InChI=1S/C20H21BrF3N3O5S/c1-5-32-19(30)14-8(2)11(18(29)31-4)17(33-14)25-16(28)9(3)27-13(10-6-7-10)12(21)15(26-27)20(22,23)24/h9-10H,5-7H2,1-4H3,(H,25,28). The number of alkyl halides is 3. The van der Waals surface area contributed by atoms with E-state index in [2.05, 4.69) is 26.3 Å². The third-order valence-electron chi connectivity index (χ3n) is 5.10. The lowest BCUT2D eigenvalue weighted by molar-refractivity contribution is -0.142. The minimum absolute atomic E-state index is 0.0221. The Morgan fingerprint density at radius 3 is 2.45 bits per heavy atom. The Balaban J connectivity index is 1.97. The molecule has 180 valence electrons. The van der Waals surface area contributed by atoms with E-state index in [1.165, 1.54) is 13.8 Å². The van der Waals surface area contributed by atoms with Crippen LogP contribution in [0.3, 0.4) is 0 Å². The molecule has 1 aliphatic rings. The molecule has 0 radical (unpaired) electrons. The molecule has 1 aliphatic carbocycles. The summed E-state index contributed by atoms with van der Waals surface area (Å²) in [7, 11) is 1.15. The Hall–Kier alpha value is -2.41. The van der Waals surface area contributed by atoms with Crippen LogP contribution >= 0.6 is 27.3 Å². The average Bonchev–Trinajstić information content (AvgIpc) is 3.43. The van der Waals surface area contributed by atoms with Gasteiger partial charge in [-0.15, -0.1) is 11.3 Å². The number of aromatic nitrogens is 2. The lowest BCUT2D eigenvalue weighted by Crippen LogP contribution is -2.26. The van der Waals surface area contributed by atoms with Crippen LogP contribution in [0, 0.1) is 6.92 Å². The van der Waals surface area contributed by atoms with Gasteiger partial charge in [0.25, 0.3) is 0 Å². The summed E-state index contributed by atoms with van der Waals surface area (Å²) in [6.45, 7) is 4.66. The number of hydrogen-bond acceptors (Lipinski definition) is 7. The van der Waals surface area contributed by atoms with Crippen molar-refractivity contribution in [1.29, 1.82) is 0 Å². The largest absolute Gasteiger partial charge is 0.465 e. The van der Waals surface area contributed by atoms with Gasteiger partial charge in [0.15, 0.2) is 5.69 Å². The molecule has 33 heavy (non-hydrogen) atoms. The number of methoxy groups -OCH3 is 1. The number of carbonyl (C=O) groups is 3.